The molecule has 0 saturated heterocycles. The first-order valence-electron chi connectivity index (χ1n) is 9.56. The number of carbonyl (C=O) groups is 1. The standard InChI is InChI=1S/C25H21BrO4/c1-15-4-6-17(7-5-15)14-29-21-11-9-20-24(27)23(30-25(20)16(21)2)13-18-12-19(26)8-10-22(18)28-3/h4-13H,14H2,1-3H3/b23-13-. The van der Waals surface area contributed by atoms with E-state index in [4.69, 9.17) is 14.2 Å². The third kappa shape index (κ3) is 3.98. The van der Waals surface area contributed by atoms with Crippen LogP contribution < -0.4 is 14.2 Å². The maximum absolute atomic E-state index is 12.9. The van der Waals surface area contributed by atoms with Gasteiger partial charge in [0.1, 0.15) is 23.9 Å². The predicted octanol–water partition coefficient (Wildman–Crippen LogP) is 6.27. The number of halogens is 1. The molecule has 1 aliphatic heterocycles. The Morgan fingerprint density at radius 3 is 2.47 bits per heavy atom. The zero-order valence-electron chi connectivity index (χ0n) is 17.0. The van der Waals surface area contributed by atoms with Gasteiger partial charge in [-0.3, -0.25) is 4.79 Å². The number of Topliss-reactive ketones (excluding diaryl/α,β-unsaturated/α-hetero) is 1. The van der Waals surface area contributed by atoms with E-state index in [0.29, 0.717) is 29.4 Å². The summed E-state index contributed by atoms with van der Waals surface area (Å²) in [6.07, 6.45) is 1.71. The molecule has 0 saturated carbocycles. The van der Waals surface area contributed by atoms with E-state index in [0.717, 1.165) is 21.2 Å². The fraction of sp³-hybridized carbons (Fsp3) is 0.160. The molecule has 5 heteroatoms. The van der Waals surface area contributed by atoms with E-state index in [1.54, 1.807) is 19.3 Å². The summed E-state index contributed by atoms with van der Waals surface area (Å²) in [6, 6.07) is 17.4. The Labute approximate surface area is 184 Å². The van der Waals surface area contributed by atoms with E-state index < -0.39 is 0 Å². The van der Waals surface area contributed by atoms with Gasteiger partial charge in [-0.15, -0.1) is 0 Å². The van der Waals surface area contributed by atoms with Crippen molar-refractivity contribution < 1.29 is 19.0 Å². The van der Waals surface area contributed by atoms with Gasteiger partial charge < -0.3 is 14.2 Å². The van der Waals surface area contributed by atoms with Gasteiger partial charge in [0.15, 0.2) is 5.76 Å². The lowest BCUT2D eigenvalue weighted by Crippen LogP contribution is -1.99. The topological polar surface area (TPSA) is 44.8 Å². The van der Waals surface area contributed by atoms with Crippen molar-refractivity contribution in [3.8, 4) is 17.2 Å². The molecule has 0 unspecified atom stereocenters. The zero-order valence-corrected chi connectivity index (χ0v) is 18.6. The monoisotopic (exact) mass is 464 g/mol. The van der Waals surface area contributed by atoms with Gasteiger partial charge in [0.25, 0.3) is 0 Å². The minimum absolute atomic E-state index is 0.153. The Morgan fingerprint density at radius 1 is 1.00 bits per heavy atom. The smallest absolute Gasteiger partial charge is 0.231 e. The van der Waals surface area contributed by atoms with Crippen LogP contribution in [0, 0.1) is 13.8 Å². The minimum Gasteiger partial charge on any atom is -0.496 e. The van der Waals surface area contributed by atoms with Gasteiger partial charge in [-0.1, -0.05) is 45.8 Å². The van der Waals surface area contributed by atoms with Gasteiger partial charge in [0, 0.05) is 15.6 Å². The van der Waals surface area contributed by atoms with Gasteiger partial charge in [0.05, 0.1) is 12.7 Å². The van der Waals surface area contributed by atoms with Crippen LogP contribution in [0.5, 0.6) is 17.2 Å². The average molecular weight is 465 g/mol. The van der Waals surface area contributed by atoms with Crippen LogP contribution >= 0.6 is 15.9 Å². The molecule has 0 spiro atoms. The van der Waals surface area contributed by atoms with E-state index in [9.17, 15) is 4.79 Å². The normalized spacial score (nSPS) is 13.9. The number of hydrogen-bond acceptors (Lipinski definition) is 4. The molecule has 4 nitrogen and oxygen atoms in total. The molecule has 30 heavy (non-hydrogen) atoms. The van der Waals surface area contributed by atoms with E-state index in [-0.39, 0.29) is 11.5 Å². The summed E-state index contributed by atoms with van der Waals surface area (Å²) in [5.41, 5.74) is 4.39. The molecule has 0 N–H and O–H groups in total. The first-order chi connectivity index (χ1) is 14.5. The van der Waals surface area contributed by atoms with Crippen molar-refractivity contribution in [2.45, 2.75) is 20.5 Å². The van der Waals surface area contributed by atoms with Crippen LogP contribution in [-0.2, 0) is 6.61 Å². The molecule has 0 amide bonds. The third-order valence-electron chi connectivity index (χ3n) is 5.03. The molecule has 1 heterocycles. The largest absolute Gasteiger partial charge is 0.496 e. The van der Waals surface area contributed by atoms with Crippen LogP contribution in [-0.4, -0.2) is 12.9 Å². The number of fused-ring (bicyclic) bond motifs is 1. The van der Waals surface area contributed by atoms with Crippen LogP contribution in [0.4, 0.5) is 0 Å². The summed E-state index contributed by atoms with van der Waals surface area (Å²) in [5, 5.41) is 0. The summed E-state index contributed by atoms with van der Waals surface area (Å²) in [5.74, 6) is 2.02. The average Bonchev–Trinajstić information content (AvgIpc) is 3.05. The molecule has 0 fully saturated rings. The molecular formula is C25H21BrO4. The van der Waals surface area contributed by atoms with Crippen LogP contribution in [0.1, 0.15) is 32.6 Å². The summed E-state index contributed by atoms with van der Waals surface area (Å²) in [4.78, 5) is 12.9. The molecule has 0 bridgehead atoms. The quantitative estimate of drug-likeness (QED) is 0.417. The van der Waals surface area contributed by atoms with Crippen molar-refractivity contribution in [3.63, 3.8) is 0 Å². The number of rotatable bonds is 5. The van der Waals surface area contributed by atoms with Crippen molar-refractivity contribution in [3.05, 3.63) is 92.6 Å². The highest BCUT2D eigenvalue weighted by atomic mass is 79.9. The highest BCUT2D eigenvalue weighted by molar-refractivity contribution is 9.10. The van der Waals surface area contributed by atoms with Crippen molar-refractivity contribution in [1.82, 2.24) is 0 Å². The lowest BCUT2D eigenvalue weighted by Gasteiger charge is -2.11. The first-order valence-corrected chi connectivity index (χ1v) is 10.4. The SMILES string of the molecule is COc1ccc(Br)cc1/C=C1\Oc2c(ccc(OCc3ccc(C)cc3)c2C)C1=O. The summed E-state index contributed by atoms with van der Waals surface area (Å²) < 4.78 is 18.2. The van der Waals surface area contributed by atoms with Crippen molar-refractivity contribution in [2.75, 3.05) is 7.11 Å². The van der Waals surface area contributed by atoms with Crippen LogP contribution in [0.15, 0.2) is 64.8 Å². The number of aryl methyl sites for hydroxylation is 1. The summed E-state index contributed by atoms with van der Waals surface area (Å²) in [7, 11) is 1.60. The fourth-order valence-electron chi connectivity index (χ4n) is 3.33. The molecule has 0 aromatic heterocycles. The van der Waals surface area contributed by atoms with E-state index >= 15 is 0 Å². The van der Waals surface area contributed by atoms with E-state index in [1.807, 2.05) is 43.3 Å². The molecule has 3 aromatic rings. The maximum atomic E-state index is 12.9. The second kappa shape index (κ2) is 8.36. The Bertz CT molecular complexity index is 1150. The van der Waals surface area contributed by atoms with Gasteiger partial charge in [-0.05, 0) is 55.8 Å². The first kappa shape index (κ1) is 20.2. The Balaban J connectivity index is 1.59. The van der Waals surface area contributed by atoms with Gasteiger partial charge in [0.2, 0.25) is 5.78 Å². The molecule has 0 aliphatic carbocycles. The van der Waals surface area contributed by atoms with Crippen molar-refractivity contribution in [1.29, 1.82) is 0 Å². The fourth-order valence-corrected chi connectivity index (χ4v) is 3.71. The molecule has 4 rings (SSSR count). The van der Waals surface area contributed by atoms with Gasteiger partial charge in [-0.25, -0.2) is 0 Å². The van der Waals surface area contributed by atoms with Crippen LogP contribution in [0.25, 0.3) is 6.08 Å². The molecular weight excluding hydrogens is 444 g/mol. The van der Waals surface area contributed by atoms with Crippen molar-refractivity contribution in [2.24, 2.45) is 0 Å². The predicted molar refractivity (Wildman–Crippen MR) is 120 cm³/mol. The highest BCUT2D eigenvalue weighted by Gasteiger charge is 2.30. The van der Waals surface area contributed by atoms with E-state index in [2.05, 4.69) is 35.0 Å². The van der Waals surface area contributed by atoms with Gasteiger partial charge in [-0.2, -0.15) is 0 Å². The Kier molecular flexibility index (Phi) is 5.64. The second-order valence-electron chi connectivity index (χ2n) is 7.17. The molecule has 3 aromatic carbocycles. The second-order valence-corrected chi connectivity index (χ2v) is 8.08. The summed E-state index contributed by atoms with van der Waals surface area (Å²) >= 11 is 3.45. The molecule has 0 atom stereocenters. The van der Waals surface area contributed by atoms with Gasteiger partial charge >= 0.3 is 0 Å². The number of allylic oxidation sites excluding steroid dienone is 1. The zero-order chi connectivity index (χ0) is 21.3. The number of ketones is 1. The van der Waals surface area contributed by atoms with E-state index in [1.165, 1.54) is 5.56 Å². The number of ether oxygens (including phenoxy) is 3. The summed E-state index contributed by atoms with van der Waals surface area (Å²) in [6.45, 7) is 4.41. The number of methoxy groups -OCH3 is 1. The van der Waals surface area contributed by atoms with Crippen LogP contribution in [0.2, 0.25) is 0 Å². The molecule has 152 valence electrons. The highest BCUT2D eigenvalue weighted by Crippen LogP contribution is 2.40. The Morgan fingerprint density at radius 2 is 1.73 bits per heavy atom. The number of carbonyl (C=O) groups excluding carboxylic acids is 1. The lowest BCUT2D eigenvalue weighted by molar-refractivity contribution is 0.101. The minimum atomic E-state index is -0.153. The van der Waals surface area contributed by atoms with Crippen molar-refractivity contribution >= 4 is 27.8 Å². The lowest BCUT2D eigenvalue weighted by atomic mass is 10.1. The maximum Gasteiger partial charge on any atom is 0.231 e. The molecule has 0 radical (unpaired) electrons. The molecule has 1 aliphatic rings. The third-order valence-corrected chi connectivity index (χ3v) is 5.52. The van der Waals surface area contributed by atoms with Crippen LogP contribution in [0.3, 0.4) is 0 Å². The number of hydrogen-bond donors (Lipinski definition) is 0. The Hall–Kier alpha value is -3.05. The number of benzene rings is 3.